The number of carboxylic acid groups (broad SMARTS) is 1. The molecular weight excluding hydrogens is 386 g/mol. The molecular formula is C22H29N3O5. The molecule has 2 aromatic rings. The van der Waals surface area contributed by atoms with Crippen LogP contribution >= 0.6 is 0 Å². The summed E-state index contributed by atoms with van der Waals surface area (Å²) in [4.78, 5) is 25.7. The van der Waals surface area contributed by atoms with Crippen molar-refractivity contribution < 1.29 is 24.2 Å². The highest BCUT2D eigenvalue weighted by atomic mass is 16.6. The van der Waals surface area contributed by atoms with E-state index in [4.69, 9.17) is 9.47 Å². The summed E-state index contributed by atoms with van der Waals surface area (Å²) in [5.41, 5.74) is 0.386. The third kappa shape index (κ3) is 4.68. The van der Waals surface area contributed by atoms with Crippen molar-refractivity contribution in [1.29, 1.82) is 0 Å². The standard InChI is InChI=1S/C22H29N3O5/c1-22(2,3)30-21(28)24-8-6-16(7-9-24)25-12-15-10-17(20(26)27)19(11-18(15)23-25)29-13-14-4-5-14/h10-12,14,16H,4-9,13H2,1-3H3,(H,26,27). The van der Waals surface area contributed by atoms with Gasteiger partial charge < -0.3 is 19.5 Å². The molecule has 0 spiro atoms. The lowest BCUT2D eigenvalue weighted by molar-refractivity contribution is 0.0184. The minimum Gasteiger partial charge on any atom is -0.492 e. The van der Waals surface area contributed by atoms with Crippen molar-refractivity contribution in [3.8, 4) is 5.75 Å². The fraction of sp³-hybridized carbons (Fsp3) is 0.591. The second-order valence-electron chi connectivity index (χ2n) is 9.27. The van der Waals surface area contributed by atoms with Crippen molar-refractivity contribution in [2.24, 2.45) is 5.92 Å². The number of ether oxygens (including phenoxy) is 2. The highest BCUT2D eigenvalue weighted by Gasteiger charge is 2.28. The van der Waals surface area contributed by atoms with E-state index in [9.17, 15) is 14.7 Å². The van der Waals surface area contributed by atoms with Crippen LogP contribution in [0.25, 0.3) is 10.9 Å². The van der Waals surface area contributed by atoms with E-state index in [1.165, 1.54) is 0 Å². The van der Waals surface area contributed by atoms with Gasteiger partial charge in [0.05, 0.1) is 18.2 Å². The molecule has 0 bridgehead atoms. The molecule has 0 radical (unpaired) electrons. The Kier molecular flexibility index (Phi) is 5.34. The molecule has 1 N–H and O–H groups in total. The van der Waals surface area contributed by atoms with Gasteiger partial charge in [0.15, 0.2) is 0 Å². The number of carbonyl (C=O) groups is 2. The number of hydrogen-bond acceptors (Lipinski definition) is 5. The van der Waals surface area contributed by atoms with Crippen LogP contribution in [0.1, 0.15) is 62.9 Å². The van der Waals surface area contributed by atoms with Gasteiger partial charge in [-0.2, -0.15) is 5.10 Å². The number of fused-ring (bicyclic) bond motifs is 1. The molecule has 1 saturated carbocycles. The lowest BCUT2D eigenvalue weighted by Crippen LogP contribution is -2.42. The first kappa shape index (κ1) is 20.5. The van der Waals surface area contributed by atoms with Crippen LogP contribution in [-0.4, -0.2) is 57.1 Å². The molecule has 2 fully saturated rings. The van der Waals surface area contributed by atoms with Crippen LogP contribution in [0.5, 0.6) is 5.75 Å². The van der Waals surface area contributed by atoms with Gasteiger partial charge in [0.2, 0.25) is 0 Å². The maximum absolute atomic E-state index is 12.3. The molecule has 8 nitrogen and oxygen atoms in total. The predicted molar refractivity (Wildman–Crippen MR) is 111 cm³/mol. The number of carboxylic acids is 1. The third-order valence-electron chi connectivity index (χ3n) is 5.52. The molecule has 8 heteroatoms. The maximum atomic E-state index is 12.3. The molecule has 0 atom stereocenters. The summed E-state index contributed by atoms with van der Waals surface area (Å²) in [5.74, 6) is -0.0805. The van der Waals surface area contributed by atoms with Gasteiger partial charge in [0.25, 0.3) is 0 Å². The summed E-state index contributed by atoms with van der Waals surface area (Å²) in [6, 6.07) is 3.52. The average Bonchev–Trinajstić information content (AvgIpc) is 3.41. The molecule has 1 aromatic carbocycles. The maximum Gasteiger partial charge on any atom is 0.410 e. The molecule has 162 valence electrons. The van der Waals surface area contributed by atoms with Gasteiger partial charge in [-0.3, -0.25) is 4.68 Å². The van der Waals surface area contributed by atoms with Crippen LogP contribution in [0.2, 0.25) is 0 Å². The second-order valence-corrected chi connectivity index (χ2v) is 9.27. The van der Waals surface area contributed by atoms with Crippen molar-refractivity contribution in [2.75, 3.05) is 19.7 Å². The SMILES string of the molecule is CC(C)(C)OC(=O)N1CCC(n2cc3cc(C(=O)O)c(OCC4CC4)cc3n2)CC1. The van der Waals surface area contributed by atoms with E-state index < -0.39 is 11.6 Å². The zero-order valence-electron chi connectivity index (χ0n) is 17.8. The van der Waals surface area contributed by atoms with Gasteiger partial charge in [-0.25, -0.2) is 9.59 Å². The summed E-state index contributed by atoms with van der Waals surface area (Å²) in [5, 5.41) is 15.0. The van der Waals surface area contributed by atoms with Crippen molar-refractivity contribution in [3.63, 3.8) is 0 Å². The second kappa shape index (κ2) is 7.81. The molecule has 4 rings (SSSR count). The number of carbonyl (C=O) groups excluding carboxylic acids is 1. The Morgan fingerprint density at radius 3 is 2.47 bits per heavy atom. The van der Waals surface area contributed by atoms with Crippen molar-refractivity contribution in [1.82, 2.24) is 14.7 Å². The van der Waals surface area contributed by atoms with Gasteiger partial charge in [-0.05, 0) is 58.4 Å². The zero-order chi connectivity index (χ0) is 21.5. The first-order chi connectivity index (χ1) is 14.2. The van der Waals surface area contributed by atoms with Crippen LogP contribution < -0.4 is 4.74 Å². The Balaban J connectivity index is 1.47. The van der Waals surface area contributed by atoms with E-state index in [0.717, 1.165) is 36.6 Å². The van der Waals surface area contributed by atoms with Crippen LogP contribution in [-0.2, 0) is 4.74 Å². The van der Waals surface area contributed by atoms with E-state index in [2.05, 4.69) is 5.10 Å². The molecule has 2 heterocycles. The Morgan fingerprint density at radius 1 is 1.17 bits per heavy atom. The summed E-state index contributed by atoms with van der Waals surface area (Å²) in [6.45, 7) is 7.34. The lowest BCUT2D eigenvalue weighted by atomic mass is 10.1. The van der Waals surface area contributed by atoms with Crippen LogP contribution in [0, 0.1) is 5.92 Å². The van der Waals surface area contributed by atoms with Crippen molar-refractivity contribution >= 4 is 23.0 Å². The molecule has 1 saturated heterocycles. The third-order valence-corrected chi connectivity index (χ3v) is 5.52. The summed E-state index contributed by atoms with van der Waals surface area (Å²) in [6.07, 6.45) is 5.42. The van der Waals surface area contributed by atoms with E-state index in [1.807, 2.05) is 31.6 Å². The fourth-order valence-corrected chi connectivity index (χ4v) is 3.68. The van der Waals surface area contributed by atoms with Crippen LogP contribution in [0.15, 0.2) is 18.3 Å². The monoisotopic (exact) mass is 415 g/mol. The van der Waals surface area contributed by atoms with E-state index >= 15 is 0 Å². The first-order valence-corrected chi connectivity index (χ1v) is 10.6. The van der Waals surface area contributed by atoms with Gasteiger partial charge in [-0.15, -0.1) is 0 Å². The molecule has 1 aromatic heterocycles. The number of benzene rings is 1. The van der Waals surface area contributed by atoms with Crippen LogP contribution in [0.3, 0.4) is 0 Å². The summed E-state index contributed by atoms with van der Waals surface area (Å²) >= 11 is 0. The Hall–Kier alpha value is -2.77. The number of likely N-dealkylation sites (tertiary alicyclic amines) is 1. The number of hydrogen-bond donors (Lipinski definition) is 1. The van der Waals surface area contributed by atoms with Gasteiger partial charge in [0.1, 0.15) is 16.9 Å². The molecule has 30 heavy (non-hydrogen) atoms. The number of rotatable bonds is 5. The van der Waals surface area contributed by atoms with Crippen molar-refractivity contribution in [2.45, 2.75) is 58.1 Å². The Labute approximate surface area is 175 Å². The molecule has 1 aliphatic carbocycles. The number of amides is 1. The smallest absolute Gasteiger partial charge is 0.410 e. The highest BCUT2D eigenvalue weighted by molar-refractivity contribution is 5.96. The highest BCUT2D eigenvalue weighted by Crippen LogP contribution is 2.33. The van der Waals surface area contributed by atoms with Crippen LogP contribution in [0.4, 0.5) is 4.79 Å². The van der Waals surface area contributed by atoms with E-state index in [-0.39, 0.29) is 17.7 Å². The van der Waals surface area contributed by atoms with E-state index in [1.54, 1.807) is 17.0 Å². The number of aromatic carboxylic acids is 1. The van der Waals surface area contributed by atoms with Gasteiger partial charge in [-0.1, -0.05) is 0 Å². The summed E-state index contributed by atoms with van der Waals surface area (Å²) < 4.78 is 13.1. The minimum absolute atomic E-state index is 0.153. The largest absolute Gasteiger partial charge is 0.492 e. The minimum atomic E-state index is -0.999. The van der Waals surface area contributed by atoms with Gasteiger partial charge in [0, 0.05) is 30.7 Å². The number of piperidine rings is 1. The Bertz CT molecular complexity index is 950. The number of nitrogens with zero attached hydrogens (tertiary/aromatic N) is 3. The zero-order valence-corrected chi connectivity index (χ0v) is 17.8. The number of aromatic nitrogens is 2. The predicted octanol–water partition coefficient (Wildman–Crippen LogP) is 4.10. The quantitative estimate of drug-likeness (QED) is 0.790. The lowest BCUT2D eigenvalue weighted by Gasteiger charge is -2.33. The molecule has 1 amide bonds. The normalized spacial score (nSPS) is 17.9. The van der Waals surface area contributed by atoms with E-state index in [0.29, 0.717) is 31.4 Å². The van der Waals surface area contributed by atoms with Crippen molar-refractivity contribution in [3.05, 3.63) is 23.9 Å². The van der Waals surface area contributed by atoms with Gasteiger partial charge >= 0.3 is 12.1 Å². The molecule has 2 aliphatic rings. The topological polar surface area (TPSA) is 93.9 Å². The molecule has 1 aliphatic heterocycles. The fourth-order valence-electron chi connectivity index (χ4n) is 3.68. The first-order valence-electron chi connectivity index (χ1n) is 10.6. The average molecular weight is 415 g/mol. The summed E-state index contributed by atoms with van der Waals surface area (Å²) in [7, 11) is 0. The Morgan fingerprint density at radius 2 is 1.87 bits per heavy atom. The molecule has 0 unspecified atom stereocenters.